The second-order valence-corrected chi connectivity index (χ2v) is 7.61. The van der Waals surface area contributed by atoms with Crippen molar-refractivity contribution in [1.29, 1.82) is 0 Å². The number of carbonyl (C=O) groups excluding carboxylic acids is 1. The summed E-state index contributed by atoms with van der Waals surface area (Å²) in [5.41, 5.74) is 4.98. The van der Waals surface area contributed by atoms with Crippen molar-refractivity contribution < 1.29 is 4.79 Å². The van der Waals surface area contributed by atoms with Crippen molar-refractivity contribution in [2.24, 2.45) is 5.10 Å². The molecule has 1 N–H and O–H groups in total. The molecule has 0 atom stereocenters. The molecule has 0 unspecified atom stereocenters. The Labute approximate surface area is 152 Å². The Balaban J connectivity index is 1.57. The molecule has 0 saturated heterocycles. The summed E-state index contributed by atoms with van der Waals surface area (Å²) in [7, 11) is 0. The van der Waals surface area contributed by atoms with E-state index in [0.717, 1.165) is 20.1 Å². The van der Waals surface area contributed by atoms with Gasteiger partial charge < -0.3 is 0 Å². The summed E-state index contributed by atoms with van der Waals surface area (Å²) in [6.07, 6.45) is 0. The summed E-state index contributed by atoms with van der Waals surface area (Å²) in [4.78, 5) is 16.4. The maximum absolute atomic E-state index is 12.0. The molecule has 0 fully saturated rings. The van der Waals surface area contributed by atoms with E-state index < -0.39 is 0 Å². The second kappa shape index (κ2) is 7.79. The van der Waals surface area contributed by atoms with Gasteiger partial charge >= 0.3 is 0 Å². The highest BCUT2D eigenvalue weighted by atomic mass is 35.5. The number of fused-ring (bicyclic) bond motifs is 1. The lowest BCUT2D eigenvalue weighted by molar-refractivity contribution is -0.118. The summed E-state index contributed by atoms with van der Waals surface area (Å²) in [6, 6.07) is 15.3. The number of amides is 1. The van der Waals surface area contributed by atoms with Crippen molar-refractivity contribution in [3.63, 3.8) is 0 Å². The summed E-state index contributed by atoms with van der Waals surface area (Å²) in [6.45, 7) is 1.81. The predicted octanol–water partition coefficient (Wildman–Crippen LogP) is 4.58. The summed E-state index contributed by atoms with van der Waals surface area (Å²) < 4.78 is 1.99. The maximum atomic E-state index is 12.0. The Bertz CT molecular complexity index is 874. The first-order valence-electron chi connectivity index (χ1n) is 7.20. The number of thioether (sulfide) groups is 1. The second-order valence-electron chi connectivity index (χ2n) is 4.95. The molecular weight excluding hydrogens is 362 g/mol. The molecule has 0 saturated carbocycles. The van der Waals surface area contributed by atoms with E-state index in [0.29, 0.717) is 10.7 Å². The first-order chi connectivity index (χ1) is 11.6. The van der Waals surface area contributed by atoms with Gasteiger partial charge in [-0.2, -0.15) is 5.10 Å². The van der Waals surface area contributed by atoms with Crippen molar-refractivity contribution in [2.75, 3.05) is 5.75 Å². The number of hydrazone groups is 1. The normalized spacial score (nSPS) is 11.7. The number of thiazole rings is 1. The van der Waals surface area contributed by atoms with Gasteiger partial charge in [0.2, 0.25) is 0 Å². The van der Waals surface area contributed by atoms with Crippen molar-refractivity contribution >= 4 is 56.5 Å². The lowest BCUT2D eigenvalue weighted by Crippen LogP contribution is -2.21. The summed E-state index contributed by atoms with van der Waals surface area (Å²) in [5, 5.41) is 4.72. The number of rotatable bonds is 5. The van der Waals surface area contributed by atoms with Gasteiger partial charge in [-0.1, -0.05) is 53.7 Å². The Hall–Kier alpha value is -1.89. The van der Waals surface area contributed by atoms with Crippen LogP contribution in [0.25, 0.3) is 10.2 Å². The fourth-order valence-electron chi connectivity index (χ4n) is 2.03. The van der Waals surface area contributed by atoms with Crippen LogP contribution in [-0.2, 0) is 4.79 Å². The van der Waals surface area contributed by atoms with Crippen LogP contribution in [0.1, 0.15) is 12.5 Å². The molecule has 0 aliphatic carbocycles. The standard InChI is InChI=1S/C17H14ClN3OS2/c1-11(12-6-2-3-7-13(12)18)20-21-16(22)10-23-17-19-14-8-4-5-9-15(14)24-17/h2-9H,10H2,1H3,(H,21,22). The van der Waals surface area contributed by atoms with E-state index in [-0.39, 0.29) is 11.7 Å². The van der Waals surface area contributed by atoms with E-state index >= 15 is 0 Å². The topological polar surface area (TPSA) is 54.4 Å². The minimum Gasteiger partial charge on any atom is -0.272 e. The third-order valence-electron chi connectivity index (χ3n) is 3.21. The number of nitrogens with zero attached hydrogens (tertiary/aromatic N) is 2. The lowest BCUT2D eigenvalue weighted by atomic mass is 10.1. The van der Waals surface area contributed by atoms with E-state index in [1.165, 1.54) is 11.8 Å². The smallest absolute Gasteiger partial charge is 0.250 e. The Morgan fingerprint density at radius 1 is 1.25 bits per heavy atom. The fourth-order valence-corrected chi connectivity index (χ4v) is 4.17. The molecule has 1 amide bonds. The molecule has 0 aliphatic heterocycles. The van der Waals surface area contributed by atoms with Gasteiger partial charge in [0, 0.05) is 10.6 Å². The van der Waals surface area contributed by atoms with Crippen LogP contribution in [0, 0.1) is 0 Å². The number of hydrogen-bond donors (Lipinski definition) is 1. The molecule has 7 heteroatoms. The zero-order chi connectivity index (χ0) is 16.9. The zero-order valence-electron chi connectivity index (χ0n) is 12.8. The van der Waals surface area contributed by atoms with Crippen molar-refractivity contribution in [3.05, 3.63) is 59.1 Å². The van der Waals surface area contributed by atoms with E-state index in [1.807, 2.05) is 49.4 Å². The molecule has 3 aromatic rings. The Morgan fingerprint density at radius 3 is 2.79 bits per heavy atom. The van der Waals surface area contributed by atoms with Crippen LogP contribution in [0.2, 0.25) is 5.02 Å². The van der Waals surface area contributed by atoms with Gasteiger partial charge in [-0.15, -0.1) is 11.3 Å². The van der Waals surface area contributed by atoms with Crippen molar-refractivity contribution in [1.82, 2.24) is 10.4 Å². The van der Waals surface area contributed by atoms with Gasteiger partial charge in [0.1, 0.15) is 0 Å². The Kier molecular flexibility index (Phi) is 5.50. The largest absolute Gasteiger partial charge is 0.272 e. The lowest BCUT2D eigenvalue weighted by Gasteiger charge is -2.04. The number of halogens is 1. The van der Waals surface area contributed by atoms with Gasteiger partial charge in [-0.25, -0.2) is 10.4 Å². The third kappa shape index (κ3) is 4.14. The number of carbonyl (C=O) groups is 1. The molecule has 122 valence electrons. The first kappa shape index (κ1) is 17.0. The van der Waals surface area contributed by atoms with Crippen LogP contribution < -0.4 is 5.43 Å². The molecule has 0 bridgehead atoms. The minimum absolute atomic E-state index is 0.175. The average molecular weight is 376 g/mol. The molecule has 1 heterocycles. The third-order valence-corrected chi connectivity index (χ3v) is 5.72. The number of hydrogen-bond acceptors (Lipinski definition) is 5. The average Bonchev–Trinajstić information content (AvgIpc) is 3.01. The van der Waals surface area contributed by atoms with E-state index in [4.69, 9.17) is 11.6 Å². The van der Waals surface area contributed by atoms with Gasteiger partial charge in [0.15, 0.2) is 4.34 Å². The maximum Gasteiger partial charge on any atom is 0.250 e. The van der Waals surface area contributed by atoms with Crippen molar-refractivity contribution in [3.8, 4) is 0 Å². The molecular formula is C17H14ClN3OS2. The summed E-state index contributed by atoms with van der Waals surface area (Å²) in [5.74, 6) is 0.0877. The Morgan fingerprint density at radius 2 is 2.00 bits per heavy atom. The number of benzene rings is 2. The molecule has 3 rings (SSSR count). The molecule has 24 heavy (non-hydrogen) atoms. The van der Waals surface area contributed by atoms with Crippen LogP contribution in [0.5, 0.6) is 0 Å². The van der Waals surface area contributed by atoms with E-state index in [9.17, 15) is 4.79 Å². The van der Waals surface area contributed by atoms with Crippen LogP contribution in [0.4, 0.5) is 0 Å². The predicted molar refractivity (Wildman–Crippen MR) is 102 cm³/mol. The van der Waals surface area contributed by atoms with E-state index in [1.54, 1.807) is 17.4 Å². The fraction of sp³-hybridized carbons (Fsp3) is 0.118. The highest BCUT2D eigenvalue weighted by Crippen LogP contribution is 2.29. The monoisotopic (exact) mass is 375 g/mol. The minimum atomic E-state index is -0.175. The highest BCUT2D eigenvalue weighted by Gasteiger charge is 2.08. The van der Waals surface area contributed by atoms with Gasteiger partial charge in [0.05, 0.1) is 21.7 Å². The van der Waals surface area contributed by atoms with Gasteiger partial charge in [0.25, 0.3) is 5.91 Å². The van der Waals surface area contributed by atoms with Crippen LogP contribution >= 0.6 is 34.7 Å². The number of nitrogens with one attached hydrogen (secondary N) is 1. The van der Waals surface area contributed by atoms with Crippen molar-refractivity contribution in [2.45, 2.75) is 11.3 Å². The first-order valence-corrected chi connectivity index (χ1v) is 9.38. The highest BCUT2D eigenvalue weighted by molar-refractivity contribution is 8.01. The van der Waals surface area contributed by atoms with Gasteiger partial charge in [-0.3, -0.25) is 4.79 Å². The molecule has 1 aromatic heterocycles. The van der Waals surface area contributed by atoms with Crippen LogP contribution in [0.3, 0.4) is 0 Å². The molecule has 0 aliphatic rings. The van der Waals surface area contributed by atoms with Crippen LogP contribution in [0.15, 0.2) is 58.0 Å². The quantitative estimate of drug-likeness (QED) is 0.403. The van der Waals surface area contributed by atoms with E-state index in [2.05, 4.69) is 15.5 Å². The van der Waals surface area contributed by atoms with Crippen LogP contribution in [-0.4, -0.2) is 22.4 Å². The number of aromatic nitrogens is 1. The SMILES string of the molecule is CC(=NNC(=O)CSc1nc2ccccc2s1)c1ccccc1Cl. The zero-order valence-corrected chi connectivity index (χ0v) is 15.2. The molecule has 0 spiro atoms. The molecule has 2 aromatic carbocycles. The number of para-hydroxylation sites is 1. The molecule has 0 radical (unpaired) electrons. The molecule has 4 nitrogen and oxygen atoms in total. The van der Waals surface area contributed by atoms with Gasteiger partial charge in [-0.05, 0) is 25.1 Å². The summed E-state index contributed by atoms with van der Waals surface area (Å²) >= 11 is 9.10.